The number of halogens is 1. The molecule has 2 fully saturated rings. The number of carbonyl (C=O) groups is 1. The second-order valence-corrected chi connectivity index (χ2v) is 5.97. The van der Waals surface area contributed by atoms with E-state index in [9.17, 15) is 4.79 Å². The molecule has 1 aromatic carbocycles. The smallest absolute Gasteiger partial charge is 0.244 e. The molecule has 1 aliphatic carbocycles. The van der Waals surface area contributed by atoms with Gasteiger partial charge in [0.05, 0.1) is 0 Å². The molecule has 5 heteroatoms. The highest BCUT2D eigenvalue weighted by Crippen LogP contribution is 2.35. The summed E-state index contributed by atoms with van der Waals surface area (Å²) in [7, 11) is 0. The van der Waals surface area contributed by atoms with E-state index in [0.717, 1.165) is 18.7 Å². The Morgan fingerprint density at radius 2 is 2.05 bits per heavy atom. The van der Waals surface area contributed by atoms with Crippen LogP contribution in [-0.2, 0) is 4.79 Å². The van der Waals surface area contributed by atoms with Crippen LogP contribution in [0.5, 0.6) is 0 Å². The first-order valence-corrected chi connectivity index (χ1v) is 7.05. The van der Waals surface area contributed by atoms with E-state index in [1.54, 1.807) is 0 Å². The molecule has 19 heavy (non-hydrogen) atoms. The van der Waals surface area contributed by atoms with E-state index in [1.165, 1.54) is 12.8 Å². The number of amides is 1. The van der Waals surface area contributed by atoms with Crippen LogP contribution in [0.4, 0.5) is 5.69 Å². The number of hydrogen-bond donors (Lipinski definition) is 2. The van der Waals surface area contributed by atoms with E-state index in [0.29, 0.717) is 17.6 Å². The number of benzene rings is 1. The molecule has 1 unspecified atom stereocenters. The van der Waals surface area contributed by atoms with Crippen LogP contribution in [0.3, 0.4) is 0 Å². The molecule has 3 rings (SSSR count). The SMILES string of the molecule is NC(=O)C1(Nc2ccc(Cl)cc2)CCN(C2CC2)C1. The van der Waals surface area contributed by atoms with Crippen molar-refractivity contribution in [2.45, 2.75) is 30.8 Å². The van der Waals surface area contributed by atoms with E-state index in [2.05, 4.69) is 10.2 Å². The molecule has 0 aromatic heterocycles. The Morgan fingerprint density at radius 3 is 2.63 bits per heavy atom. The van der Waals surface area contributed by atoms with Crippen LogP contribution in [0.25, 0.3) is 0 Å². The molecule has 1 saturated carbocycles. The van der Waals surface area contributed by atoms with Crippen molar-refractivity contribution >= 4 is 23.2 Å². The van der Waals surface area contributed by atoms with E-state index in [1.807, 2.05) is 24.3 Å². The van der Waals surface area contributed by atoms with Crippen molar-refractivity contribution in [3.05, 3.63) is 29.3 Å². The molecule has 0 bridgehead atoms. The molecule has 1 saturated heterocycles. The van der Waals surface area contributed by atoms with Gasteiger partial charge in [-0.1, -0.05) is 11.6 Å². The van der Waals surface area contributed by atoms with Gasteiger partial charge in [-0.05, 0) is 43.5 Å². The zero-order valence-electron chi connectivity index (χ0n) is 10.7. The normalized spacial score (nSPS) is 27.4. The summed E-state index contributed by atoms with van der Waals surface area (Å²) in [6.07, 6.45) is 3.26. The average molecular weight is 280 g/mol. The number of primary amides is 1. The fourth-order valence-electron chi connectivity index (χ4n) is 2.76. The Morgan fingerprint density at radius 1 is 1.37 bits per heavy atom. The Kier molecular flexibility index (Phi) is 3.15. The lowest BCUT2D eigenvalue weighted by molar-refractivity contribution is -0.121. The lowest BCUT2D eigenvalue weighted by Gasteiger charge is -2.28. The molecule has 1 amide bonds. The van der Waals surface area contributed by atoms with E-state index in [-0.39, 0.29) is 5.91 Å². The Labute approximate surface area is 117 Å². The van der Waals surface area contributed by atoms with E-state index >= 15 is 0 Å². The predicted octanol–water partition coefficient (Wildman–Crippen LogP) is 1.84. The standard InChI is InChI=1S/C14H18ClN3O/c15-10-1-3-11(4-2-10)17-14(13(16)19)7-8-18(9-14)12-5-6-12/h1-4,12,17H,5-9H2,(H2,16,19). The van der Waals surface area contributed by atoms with E-state index < -0.39 is 5.54 Å². The zero-order valence-corrected chi connectivity index (χ0v) is 11.5. The number of anilines is 1. The van der Waals surface area contributed by atoms with Crippen molar-refractivity contribution in [3.8, 4) is 0 Å². The van der Waals surface area contributed by atoms with Crippen LogP contribution in [-0.4, -0.2) is 35.5 Å². The molecule has 102 valence electrons. The van der Waals surface area contributed by atoms with Gasteiger partial charge >= 0.3 is 0 Å². The van der Waals surface area contributed by atoms with Gasteiger partial charge in [-0.2, -0.15) is 0 Å². The zero-order chi connectivity index (χ0) is 13.5. The third-order valence-corrected chi connectivity index (χ3v) is 4.31. The summed E-state index contributed by atoms with van der Waals surface area (Å²) in [5.41, 5.74) is 5.89. The van der Waals surface area contributed by atoms with Gasteiger partial charge in [0.2, 0.25) is 5.91 Å². The number of nitrogens with two attached hydrogens (primary N) is 1. The number of hydrogen-bond acceptors (Lipinski definition) is 3. The predicted molar refractivity (Wildman–Crippen MR) is 76.2 cm³/mol. The molecule has 3 N–H and O–H groups in total. The summed E-state index contributed by atoms with van der Waals surface area (Å²) >= 11 is 5.87. The number of nitrogens with zero attached hydrogens (tertiary/aromatic N) is 1. The summed E-state index contributed by atoms with van der Waals surface area (Å²) < 4.78 is 0. The lowest BCUT2D eigenvalue weighted by atomic mass is 9.97. The summed E-state index contributed by atoms with van der Waals surface area (Å²) in [5, 5.41) is 4.00. The maximum Gasteiger partial charge on any atom is 0.244 e. The number of nitrogens with one attached hydrogen (secondary N) is 1. The molecule has 0 radical (unpaired) electrons. The van der Waals surface area contributed by atoms with Crippen molar-refractivity contribution in [1.82, 2.24) is 4.90 Å². The summed E-state index contributed by atoms with van der Waals surface area (Å²) in [4.78, 5) is 14.3. The van der Waals surface area contributed by atoms with Crippen LogP contribution >= 0.6 is 11.6 Å². The molecular formula is C14H18ClN3O. The molecule has 1 heterocycles. The number of rotatable bonds is 4. The monoisotopic (exact) mass is 279 g/mol. The van der Waals surface area contributed by atoms with Gasteiger partial charge in [0, 0.05) is 29.8 Å². The minimum atomic E-state index is -0.642. The third-order valence-electron chi connectivity index (χ3n) is 4.06. The largest absolute Gasteiger partial charge is 0.370 e. The van der Waals surface area contributed by atoms with Crippen LogP contribution in [0.1, 0.15) is 19.3 Å². The van der Waals surface area contributed by atoms with Crippen molar-refractivity contribution in [2.75, 3.05) is 18.4 Å². The fourth-order valence-corrected chi connectivity index (χ4v) is 2.89. The van der Waals surface area contributed by atoms with Gasteiger partial charge in [0.1, 0.15) is 5.54 Å². The number of likely N-dealkylation sites (tertiary alicyclic amines) is 1. The molecule has 4 nitrogen and oxygen atoms in total. The summed E-state index contributed by atoms with van der Waals surface area (Å²) in [6, 6.07) is 8.05. The summed E-state index contributed by atoms with van der Waals surface area (Å²) in [6.45, 7) is 1.64. The highest BCUT2D eigenvalue weighted by atomic mass is 35.5. The van der Waals surface area contributed by atoms with Gasteiger partial charge in [0.25, 0.3) is 0 Å². The van der Waals surface area contributed by atoms with Crippen molar-refractivity contribution < 1.29 is 4.79 Å². The minimum absolute atomic E-state index is 0.273. The first kappa shape index (κ1) is 12.8. The van der Waals surface area contributed by atoms with Crippen molar-refractivity contribution in [2.24, 2.45) is 5.73 Å². The van der Waals surface area contributed by atoms with Gasteiger partial charge in [-0.15, -0.1) is 0 Å². The van der Waals surface area contributed by atoms with E-state index in [4.69, 9.17) is 17.3 Å². The lowest BCUT2D eigenvalue weighted by Crippen LogP contribution is -2.52. The van der Waals surface area contributed by atoms with Gasteiger partial charge in [-0.25, -0.2) is 0 Å². The fraction of sp³-hybridized carbons (Fsp3) is 0.500. The molecular weight excluding hydrogens is 262 g/mol. The first-order chi connectivity index (χ1) is 9.09. The third kappa shape index (κ3) is 2.55. The maximum absolute atomic E-state index is 11.9. The molecule has 2 aliphatic rings. The van der Waals surface area contributed by atoms with Crippen LogP contribution in [0.2, 0.25) is 5.02 Å². The van der Waals surface area contributed by atoms with Crippen LogP contribution in [0.15, 0.2) is 24.3 Å². The van der Waals surface area contributed by atoms with Gasteiger partial charge in [-0.3, -0.25) is 9.69 Å². The van der Waals surface area contributed by atoms with Crippen LogP contribution < -0.4 is 11.1 Å². The first-order valence-electron chi connectivity index (χ1n) is 6.67. The van der Waals surface area contributed by atoms with Crippen molar-refractivity contribution in [3.63, 3.8) is 0 Å². The Balaban J connectivity index is 1.77. The second kappa shape index (κ2) is 4.69. The molecule has 0 spiro atoms. The molecule has 1 aliphatic heterocycles. The highest BCUT2D eigenvalue weighted by molar-refractivity contribution is 6.30. The quantitative estimate of drug-likeness (QED) is 0.884. The van der Waals surface area contributed by atoms with Crippen molar-refractivity contribution in [1.29, 1.82) is 0 Å². The number of carbonyl (C=O) groups excluding carboxylic acids is 1. The Hall–Kier alpha value is -1.26. The topological polar surface area (TPSA) is 58.4 Å². The Bertz CT molecular complexity index is 486. The van der Waals surface area contributed by atoms with Gasteiger partial charge < -0.3 is 11.1 Å². The maximum atomic E-state index is 11.9. The van der Waals surface area contributed by atoms with Gasteiger partial charge in [0.15, 0.2) is 0 Å². The molecule has 1 atom stereocenters. The summed E-state index contributed by atoms with van der Waals surface area (Å²) in [5.74, 6) is -0.273. The van der Waals surface area contributed by atoms with Crippen LogP contribution in [0, 0.1) is 0 Å². The average Bonchev–Trinajstić information content (AvgIpc) is 3.14. The second-order valence-electron chi connectivity index (χ2n) is 5.53. The minimum Gasteiger partial charge on any atom is -0.370 e. The highest BCUT2D eigenvalue weighted by Gasteiger charge is 2.47. The molecule has 1 aromatic rings.